The van der Waals surface area contributed by atoms with Gasteiger partial charge in [0.25, 0.3) is 0 Å². The molecule has 0 amide bonds. The molecule has 1 aromatic carbocycles. The monoisotopic (exact) mass is 320 g/mol. The Kier molecular flexibility index (Phi) is 5.85. The fraction of sp³-hybridized carbons (Fsp3) is 0.588. The molecule has 2 aliphatic rings. The van der Waals surface area contributed by atoms with Crippen LogP contribution in [0.5, 0.6) is 5.75 Å². The van der Waals surface area contributed by atoms with Crippen molar-refractivity contribution in [3.63, 3.8) is 0 Å². The van der Waals surface area contributed by atoms with Crippen molar-refractivity contribution in [2.24, 2.45) is 5.16 Å². The average Bonchev–Trinajstić information content (AvgIpc) is 3.09. The summed E-state index contributed by atoms with van der Waals surface area (Å²) in [7, 11) is 1.66. The Bertz CT molecular complexity index is 512. The second kappa shape index (κ2) is 8.29. The number of nitrogens with zero attached hydrogens (tertiary/aromatic N) is 2. The molecule has 1 atom stereocenters. The summed E-state index contributed by atoms with van der Waals surface area (Å²) >= 11 is 0. The van der Waals surface area contributed by atoms with E-state index in [1.165, 1.54) is 0 Å². The topological polar surface area (TPSA) is 52.5 Å². The van der Waals surface area contributed by atoms with E-state index < -0.39 is 0 Å². The summed E-state index contributed by atoms with van der Waals surface area (Å²) in [4.78, 5) is 7.83. The van der Waals surface area contributed by atoms with Gasteiger partial charge < -0.3 is 19.0 Å². The molecule has 6 heteroatoms. The Hall–Kier alpha value is -1.63. The van der Waals surface area contributed by atoms with E-state index in [-0.39, 0.29) is 6.10 Å². The van der Waals surface area contributed by atoms with Crippen LogP contribution in [0.1, 0.15) is 12.0 Å². The zero-order valence-electron chi connectivity index (χ0n) is 13.6. The lowest BCUT2D eigenvalue weighted by atomic mass is 10.1. The lowest BCUT2D eigenvalue weighted by molar-refractivity contribution is -0.0145. The average molecular weight is 320 g/mol. The van der Waals surface area contributed by atoms with E-state index in [0.29, 0.717) is 6.61 Å². The van der Waals surface area contributed by atoms with E-state index >= 15 is 0 Å². The molecule has 1 fully saturated rings. The summed E-state index contributed by atoms with van der Waals surface area (Å²) in [5.41, 5.74) is 2.04. The molecule has 2 aliphatic heterocycles. The number of ether oxygens (including phenoxy) is 3. The summed E-state index contributed by atoms with van der Waals surface area (Å²) in [6.07, 6.45) is 0.793. The molecule has 2 heterocycles. The van der Waals surface area contributed by atoms with Gasteiger partial charge >= 0.3 is 0 Å². The predicted molar refractivity (Wildman–Crippen MR) is 87.1 cm³/mol. The molecule has 1 unspecified atom stereocenters. The minimum atomic E-state index is 0.0109. The van der Waals surface area contributed by atoms with Crippen molar-refractivity contribution in [2.45, 2.75) is 12.5 Å². The van der Waals surface area contributed by atoms with E-state index in [1.54, 1.807) is 7.11 Å². The molecule has 1 saturated heterocycles. The van der Waals surface area contributed by atoms with E-state index in [4.69, 9.17) is 19.0 Å². The zero-order chi connectivity index (χ0) is 15.9. The van der Waals surface area contributed by atoms with Gasteiger partial charge in [0.05, 0.1) is 39.2 Å². The van der Waals surface area contributed by atoms with Gasteiger partial charge in [-0.1, -0.05) is 5.16 Å². The van der Waals surface area contributed by atoms with Gasteiger partial charge in [0.1, 0.15) is 5.75 Å². The maximum Gasteiger partial charge on any atom is 0.156 e. The Morgan fingerprint density at radius 3 is 2.74 bits per heavy atom. The largest absolute Gasteiger partial charge is 0.497 e. The fourth-order valence-electron chi connectivity index (χ4n) is 2.70. The normalized spacial score (nSPS) is 21.8. The van der Waals surface area contributed by atoms with E-state index in [0.717, 1.165) is 62.9 Å². The summed E-state index contributed by atoms with van der Waals surface area (Å²) in [5.74, 6) is 0.844. The highest BCUT2D eigenvalue weighted by molar-refractivity contribution is 6.01. The van der Waals surface area contributed by atoms with Crippen molar-refractivity contribution in [1.82, 2.24) is 4.90 Å². The second-order valence-corrected chi connectivity index (χ2v) is 5.73. The van der Waals surface area contributed by atoms with Crippen LogP contribution >= 0.6 is 0 Å². The van der Waals surface area contributed by atoms with Crippen molar-refractivity contribution in [1.29, 1.82) is 0 Å². The highest BCUT2D eigenvalue weighted by Crippen LogP contribution is 2.19. The standard InChI is InChI=1S/C17H24N2O4/c1-20-15-4-2-14(3-5-15)17-12-16(23-18-17)13-22-11-8-19-6-9-21-10-7-19/h2-5,16H,6-13H2,1H3. The lowest BCUT2D eigenvalue weighted by Gasteiger charge is -2.26. The SMILES string of the molecule is COc1ccc(C2=NOC(COCCN3CCOCC3)C2)cc1. The van der Waals surface area contributed by atoms with Crippen LogP contribution in [0.4, 0.5) is 0 Å². The quantitative estimate of drug-likeness (QED) is 0.713. The van der Waals surface area contributed by atoms with Gasteiger partial charge in [-0.15, -0.1) is 0 Å². The number of methoxy groups -OCH3 is 1. The zero-order valence-corrected chi connectivity index (χ0v) is 13.6. The maximum atomic E-state index is 5.74. The molecule has 0 aliphatic carbocycles. The first-order valence-electron chi connectivity index (χ1n) is 8.10. The Labute approximate surface area is 136 Å². The van der Waals surface area contributed by atoms with Crippen molar-refractivity contribution in [2.75, 3.05) is 53.2 Å². The molecular weight excluding hydrogens is 296 g/mol. The van der Waals surface area contributed by atoms with Gasteiger partial charge in [-0.2, -0.15) is 0 Å². The summed E-state index contributed by atoms with van der Waals surface area (Å²) in [6, 6.07) is 7.87. The van der Waals surface area contributed by atoms with Crippen molar-refractivity contribution in [3.8, 4) is 5.75 Å². The summed E-state index contributed by atoms with van der Waals surface area (Å²) in [6.45, 7) is 5.88. The molecule has 126 valence electrons. The van der Waals surface area contributed by atoms with Crippen LogP contribution < -0.4 is 4.74 Å². The van der Waals surface area contributed by atoms with Crippen molar-refractivity contribution >= 4 is 5.71 Å². The van der Waals surface area contributed by atoms with Crippen LogP contribution in [-0.2, 0) is 14.3 Å². The molecule has 6 nitrogen and oxygen atoms in total. The first-order chi connectivity index (χ1) is 11.3. The molecule has 3 rings (SSSR count). The molecule has 0 aromatic heterocycles. The highest BCUT2D eigenvalue weighted by Gasteiger charge is 2.22. The maximum absolute atomic E-state index is 5.74. The van der Waals surface area contributed by atoms with Gasteiger partial charge in [-0.25, -0.2) is 0 Å². The molecule has 0 spiro atoms. The van der Waals surface area contributed by atoms with Crippen LogP contribution in [0.3, 0.4) is 0 Å². The predicted octanol–water partition coefficient (Wildman–Crippen LogP) is 1.54. The van der Waals surface area contributed by atoms with E-state index in [9.17, 15) is 0 Å². The molecule has 0 N–H and O–H groups in total. The first kappa shape index (κ1) is 16.2. The fourth-order valence-corrected chi connectivity index (χ4v) is 2.70. The van der Waals surface area contributed by atoms with Crippen molar-refractivity contribution in [3.05, 3.63) is 29.8 Å². The molecule has 0 radical (unpaired) electrons. The van der Waals surface area contributed by atoms with Crippen LogP contribution in [0.25, 0.3) is 0 Å². The molecule has 23 heavy (non-hydrogen) atoms. The number of hydrogen-bond donors (Lipinski definition) is 0. The number of hydrogen-bond acceptors (Lipinski definition) is 6. The lowest BCUT2D eigenvalue weighted by Crippen LogP contribution is -2.38. The third-order valence-electron chi connectivity index (χ3n) is 4.12. The third-order valence-corrected chi connectivity index (χ3v) is 4.12. The molecule has 0 saturated carbocycles. The van der Waals surface area contributed by atoms with E-state index in [1.807, 2.05) is 24.3 Å². The number of morpholine rings is 1. The second-order valence-electron chi connectivity index (χ2n) is 5.73. The third kappa shape index (κ3) is 4.67. The highest BCUT2D eigenvalue weighted by atomic mass is 16.7. The van der Waals surface area contributed by atoms with Crippen molar-refractivity contribution < 1.29 is 19.0 Å². The van der Waals surface area contributed by atoms with Gasteiger partial charge in [0.2, 0.25) is 0 Å². The first-order valence-corrected chi connectivity index (χ1v) is 8.10. The van der Waals surface area contributed by atoms with Gasteiger partial charge in [-0.05, 0) is 29.8 Å². The Balaban J connectivity index is 1.35. The van der Waals surface area contributed by atoms with Crippen LogP contribution in [0, 0.1) is 0 Å². The van der Waals surface area contributed by atoms with Gasteiger partial charge in [0.15, 0.2) is 6.10 Å². The van der Waals surface area contributed by atoms with Crippen LogP contribution in [-0.4, -0.2) is 69.9 Å². The molecular formula is C17H24N2O4. The van der Waals surface area contributed by atoms with Crippen LogP contribution in [0.2, 0.25) is 0 Å². The van der Waals surface area contributed by atoms with Gasteiger partial charge in [0, 0.05) is 26.1 Å². The molecule has 0 bridgehead atoms. The number of benzene rings is 1. The van der Waals surface area contributed by atoms with Gasteiger partial charge in [-0.3, -0.25) is 4.90 Å². The number of oxime groups is 1. The Morgan fingerprint density at radius 2 is 2.00 bits per heavy atom. The van der Waals surface area contributed by atoms with E-state index in [2.05, 4.69) is 10.1 Å². The Morgan fingerprint density at radius 1 is 1.22 bits per heavy atom. The van der Waals surface area contributed by atoms with Crippen LogP contribution in [0.15, 0.2) is 29.4 Å². The molecule has 1 aromatic rings. The summed E-state index contributed by atoms with van der Waals surface area (Å²) < 4.78 is 16.2. The smallest absolute Gasteiger partial charge is 0.156 e. The summed E-state index contributed by atoms with van der Waals surface area (Å²) in [5, 5.41) is 4.18. The minimum Gasteiger partial charge on any atom is -0.497 e. The minimum absolute atomic E-state index is 0.0109. The number of rotatable bonds is 7.